The SMILES string of the molecule is COCc1c(C(=O)O[C@@H](C)C(=O)N2CCc3ccccc32)sc2cccc(F)c12. The van der Waals surface area contributed by atoms with Crippen molar-refractivity contribution in [1.29, 1.82) is 0 Å². The molecule has 0 spiro atoms. The van der Waals surface area contributed by atoms with Gasteiger partial charge >= 0.3 is 5.97 Å². The number of methoxy groups -OCH3 is 1. The maximum atomic E-state index is 14.3. The molecule has 5 nitrogen and oxygen atoms in total. The van der Waals surface area contributed by atoms with Crippen molar-refractivity contribution in [1.82, 2.24) is 0 Å². The number of thiophene rings is 1. The fourth-order valence-electron chi connectivity index (χ4n) is 3.67. The molecule has 1 aliphatic heterocycles. The monoisotopic (exact) mass is 413 g/mol. The number of nitrogens with zero attached hydrogens (tertiary/aromatic N) is 1. The lowest BCUT2D eigenvalue weighted by Gasteiger charge is -2.21. The van der Waals surface area contributed by atoms with Crippen LogP contribution in [0.4, 0.5) is 10.1 Å². The molecule has 29 heavy (non-hydrogen) atoms. The molecule has 1 aliphatic rings. The van der Waals surface area contributed by atoms with Gasteiger partial charge in [-0.15, -0.1) is 11.3 Å². The fourth-order valence-corrected chi connectivity index (χ4v) is 4.77. The van der Waals surface area contributed by atoms with Crippen LogP contribution in [0, 0.1) is 5.82 Å². The minimum absolute atomic E-state index is 0.0766. The third-order valence-corrected chi connectivity index (χ3v) is 6.20. The van der Waals surface area contributed by atoms with Crippen LogP contribution in [0.15, 0.2) is 42.5 Å². The highest BCUT2D eigenvalue weighted by molar-refractivity contribution is 7.21. The average Bonchev–Trinajstić information content (AvgIpc) is 3.30. The Morgan fingerprint density at radius 3 is 2.79 bits per heavy atom. The van der Waals surface area contributed by atoms with Gasteiger partial charge in [-0.2, -0.15) is 0 Å². The summed E-state index contributed by atoms with van der Waals surface area (Å²) in [5.74, 6) is -1.34. The second kappa shape index (κ2) is 7.93. The van der Waals surface area contributed by atoms with E-state index < -0.39 is 17.9 Å². The van der Waals surface area contributed by atoms with E-state index in [2.05, 4.69) is 0 Å². The highest BCUT2D eigenvalue weighted by atomic mass is 32.1. The van der Waals surface area contributed by atoms with E-state index in [-0.39, 0.29) is 17.4 Å². The molecule has 150 valence electrons. The predicted octanol–water partition coefficient (Wildman–Crippen LogP) is 4.32. The maximum absolute atomic E-state index is 14.3. The number of halogens is 1. The van der Waals surface area contributed by atoms with Crippen LogP contribution in [0.5, 0.6) is 0 Å². The van der Waals surface area contributed by atoms with E-state index in [9.17, 15) is 14.0 Å². The highest BCUT2D eigenvalue weighted by Crippen LogP contribution is 2.35. The number of carbonyl (C=O) groups is 2. The molecule has 2 aromatic carbocycles. The minimum Gasteiger partial charge on any atom is -0.448 e. The van der Waals surface area contributed by atoms with E-state index in [4.69, 9.17) is 9.47 Å². The van der Waals surface area contributed by atoms with Crippen LogP contribution in [0.1, 0.15) is 27.7 Å². The van der Waals surface area contributed by atoms with Gasteiger partial charge in [-0.3, -0.25) is 4.79 Å². The molecule has 1 amide bonds. The molecule has 0 saturated heterocycles. The van der Waals surface area contributed by atoms with Gasteiger partial charge < -0.3 is 14.4 Å². The molecular weight excluding hydrogens is 393 g/mol. The first kappa shape index (κ1) is 19.5. The Bertz CT molecular complexity index is 1090. The first-order chi connectivity index (χ1) is 14.0. The molecule has 3 aromatic rings. The number of hydrogen-bond acceptors (Lipinski definition) is 5. The predicted molar refractivity (Wildman–Crippen MR) is 110 cm³/mol. The number of hydrogen-bond donors (Lipinski definition) is 0. The van der Waals surface area contributed by atoms with Crippen LogP contribution in [0.25, 0.3) is 10.1 Å². The van der Waals surface area contributed by atoms with E-state index in [1.165, 1.54) is 13.2 Å². The molecule has 0 radical (unpaired) electrons. The molecule has 4 rings (SSSR count). The molecule has 0 fully saturated rings. The van der Waals surface area contributed by atoms with Gasteiger partial charge in [0, 0.05) is 35.0 Å². The lowest BCUT2D eigenvalue weighted by atomic mass is 10.1. The summed E-state index contributed by atoms with van der Waals surface area (Å²) < 4.78 is 25.6. The number of amides is 1. The summed E-state index contributed by atoms with van der Waals surface area (Å²) in [5.41, 5.74) is 2.40. The number of anilines is 1. The number of ether oxygens (including phenoxy) is 2. The maximum Gasteiger partial charge on any atom is 0.349 e. The largest absolute Gasteiger partial charge is 0.448 e. The molecule has 0 aliphatic carbocycles. The zero-order chi connectivity index (χ0) is 20.5. The van der Waals surface area contributed by atoms with Gasteiger partial charge in [0.2, 0.25) is 0 Å². The van der Waals surface area contributed by atoms with E-state index in [0.717, 1.165) is 29.0 Å². The number of fused-ring (bicyclic) bond motifs is 2. The molecule has 2 heterocycles. The lowest BCUT2D eigenvalue weighted by molar-refractivity contribution is -0.126. The second-order valence-electron chi connectivity index (χ2n) is 6.87. The molecule has 7 heteroatoms. The molecule has 0 bridgehead atoms. The second-order valence-corrected chi connectivity index (χ2v) is 7.92. The number of esters is 1. The molecule has 0 saturated carbocycles. The van der Waals surface area contributed by atoms with Crippen LogP contribution < -0.4 is 4.90 Å². The van der Waals surface area contributed by atoms with Crippen molar-refractivity contribution in [2.24, 2.45) is 0 Å². The molecular formula is C22H20FNO4S. The van der Waals surface area contributed by atoms with Gasteiger partial charge in [-0.1, -0.05) is 24.3 Å². The Labute approximate surface area is 171 Å². The normalized spacial score (nSPS) is 14.1. The fraction of sp³-hybridized carbons (Fsp3) is 0.273. The quantitative estimate of drug-likeness (QED) is 0.585. The third kappa shape index (κ3) is 3.52. The Morgan fingerprint density at radius 1 is 1.21 bits per heavy atom. The van der Waals surface area contributed by atoms with Crippen molar-refractivity contribution in [3.05, 3.63) is 64.3 Å². The summed E-state index contributed by atoms with van der Waals surface area (Å²) in [7, 11) is 1.48. The van der Waals surface area contributed by atoms with Crippen molar-refractivity contribution in [2.45, 2.75) is 26.1 Å². The van der Waals surface area contributed by atoms with Crippen LogP contribution in [-0.2, 0) is 27.3 Å². The summed E-state index contributed by atoms with van der Waals surface area (Å²) in [6, 6.07) is 12.4. The van der Waals surface area contributed by atoms with Crippen LogP contribution in [0.3, 0.4) is 0 Å². The van der Waals surface area contributed by atoms with Crippen molar-refractivity contribution in [3.63, 3.8) is 0 Å². The van der Waals surface area contributed by atoms with Crippen LogP contribution in [-0.4, -0.2) is 31.6 Å². The molecule has 1 atom stereocenters. The van der Waals surface area contributed by atoms with Crippen LogP contribution in [0.2, 0.25) is 0 Å². The van der Waals surface area contributed by atoms with Crippen LogP contribution >= 0.6 is 11.3 Å². The molecule has 0 N–H and O–H groups in total. The van der Waals surface area contributed by atoms with Gasteiger partial charge in [0.15, 0.2) is 6.10 Å². The Balaban J connectivity index is 1.57. The Hall–Kier alpha value is -2.77. The van der Waals surface area contributed by atoms with Gasteiger partial charge in [0.05, 0.1) is 6.61 Å². The van der Waals surface area contributed by atoms with Gasteiger partial charge in [0.25, 0.3) is 5.91 Å². The van der Waals surface area contributed by atoms with Gasteiger partial charge in [-0.05, 0) is 37.1 Å². The van der Waals surface area contributed by atoms with E-state index >= 15 is 0 Å². The number of benzene rings is 2. The van der Waals surface area contributed by atoms with Crippen molar-refractivity contribution in [2.75, 3.05) is 18.6 Å². The lowest BCUT2D eigenvalue weighted by Crippen LogP contribution is -2.39. The summed E-state index contributed by atoms with van der Waals surface area (Å²) in [5, 5.41) is 0.360. The van der Waals surface area contributed by atoms with E-state index in [0.29, 0.717) is 22.2 Å². The topological polar surface area (TPSA) is 55.8 Å². The van der Waals surface area contributed by atoms with E-state index in [1.807, 2.05) is 24.3 Å². The highest BCUT2D eigenvalue weighted by Gasteiger charge is 2.31. The molecule has 0 unspecified atom stereocenters. The third-order valence-electron chi connectivity index (χ3n) is 5.02. The van der Waals surface area contributed by atoms with E-state index in [1.54, 1.807) is 24.0 Å². The molecule has 1 aromatic heterocycles. The Kier molecular flexibility index (Phi) is 5.34. The zero-order valence-corrected chi connectivity index (χ0v) is 16.9. The standard InChI is InChI=1S/C22H20FNO4S/c1-13(21(25)24-11-10-14-6-3-4-8-17(14)24)28-22(26)20-15(12-27-2)19-16(23)7-5-9-18(19)29-20/h3-9,13H,10-12H2,1-2H3/t13-/m0/s1. The van der Waals surface area contributed by atoms with Gasteiger partial charge in [-0.25, -0.2) is 9.18 Å². The average molecular weight is 413 g/mol. The van der Waals surface area contributed by atoms with Crippen molar-refractivity contribution in [3.8, 4) is 0 Å². The summed E-state index contributed by atoms with van der Waals surface area (Å²) in [6.07, 6.45) is -0.185. The first-order valence-corrected chi connectivity index (χ1v) is 10.1. The minimum atomic E-state index is -0.959. The Morgan fingerprint density at radius 2 is 2.00 bits per heavy atom. The first-order valence-electron chi connectivity index (χ1n) is 9.30. The van der Waals surface area contributed by atoms with Crippen molar-refractivity contribution >= 4 is 39.0 Å². The number of rotatable bonds is 5. The van der Waals surface area contributed by atoms with Crippen molar-refractivity contribution < 1.29 is 23.5 Å². The zero-order valence-electron chi connectivity index (χ0n) is 16.1. The summed E-state index contributed by atoms with van der Waals surface area (Å²) >= 11 is 1.14. The summed E-state index contributed by atoms with van der Waals surface area (Å²) in [6.45, 7) is 2.20. The number of carbonyl (C=O) groups excluding carboxylic acids is 2. The number of para-hydroxylation sites is 1. The smallest absolute Gasteiger partial charge is 0.349 e. The summed E-state index contributed by atoms with van der Waals surface area (Å²) in [4.78, 5) is 27.6. The van der Waals surface area contributed by atoms with Gasteiger partial charge in [0.1, 0.15) is 10.7 Å².